The number of carbonyl (C=O) groups is 2. The van der Waals surface area contributed by atoms with Crippen molar-refractivity contribution >= 4 is 23.3 Å². The van der Waals surface area contributed by atoms with Crippen LogP contribution in [0, 0.1) is 5.82 Å². The maximum absolute atomic E-state index is 13.9. The Balaban J connectivity index is 3.09. The predicted octanol–water partition coefficient (Wildman–Crippen LogP) is 3.42. The first-order chi connectivity index (χ1) is 8.79. The summed E-state index contributed by atoms with van der Waals surface area (Å²) in [4.78, 5) is 22.8. The topological polar surface area (TPSA) is 59.3 Å². The van der Waals surface area contributed by atoms with Crippen LogP contribution in [0.2, 0.25) is 0 Å². The smallest absolute Gasteiger partial charge is 0.416 e. The third-order valence-corrected chi connectivity index (χ3v) is 3.00. The molecule has 0 saturated heterocycles. The van der Waals surface area contributed by atoms with Crippen molar-refractivity contribution in [2.24, 2.45) is 0 Å². The number of rotatable bonds is 1. The lowest BCUT2D eigenvalue weighted by molar-refractivity contribution is 0.112. The number of fused-ring (bicyclic) bond motifs is 1. The largest absolute Gasteiger partial charge is 0.464 e. The first-order valence-corrected chi connectivity index (χ1v) is 5.81. The summed E-state index contributed by atoms with van der Waals surface area (Å²) in [6, 6.07) is 4.14. The van der Waals surface area contributed by atoms with E-state index in [1.807, 2.05) is 0 Å². The molecule has 1 N–H and O–H groups in total. The second kappa shape index (κ2) is 4.19. The number of halogens is 1. The Morgan fingerprint density at radius 1 is 1.37 bits per heavy atom. The number of aldehydes is 1. The number of nitrogens with zero attached hydrogens (tertiary/aromatic N) is 1. The van der Waals surface area contributed by atoms with E-state index in [1.54, 1.807) is 20.8 Å². The van der Waals surface area contributed by atoms with Crippen molar-refractivity contribution in [2.75, 3.05) is 0 Å². The molecule has 0 fully saturated rings. The summed E-state index contributed by atoms with van der Waals surface area (Å²) in [6.45, 7) is 5.35. The molecule has 0 aliphatic heterocycles. The minimum Gasteiger partial charge on any atom is -0.464 e. The van der Waals surface area contributed by atoms with E-state index in [0.717, 1.165) is 4.57 Å². The van der Waals surface area contributed by atoms with Crippen LogP contribution >= 0.6 is 0 Å². The summed E-state index contributed by atoms with van der Waals surface area (Å²) in [6.07, 6.45) is -0.709. The summed E-state index contributed by atoms with van der Waals surface area (Å²) in [7, 11) is 0. The van der Waals surface area contributed by atoms with Crippen LogP contribution in [0.25, 0.3) is 10.9 Å². The van der Waals surface area contributed by atoms with E-state index < -0.39 is 17.3 Å². The number of hydrogen-bond acceptors (Lipinski definition) is 2. The number of carbonyl (C=O) groups excluding carboxylic acids is 1. The van der Waals surface area contributed by atoms with Crippen LogP contribution in [-0.4, -0.2) is 22.1 Å². The van der Waals surface area contributed by atoms with Crippen molar-refractivity contribution < 1.29 is 19.1 Å². The highest BCUT2D eigenvalue weighted by Gasteiger charge is 2.30. The second-order valence-electron chi connectivity index (χ2n) is 5.38. The third-order valence-electron chi connectivity index (χ3n) is 3.00. The molecular weight excluding hydrogens is 249 g/mol. The van der Waals surface area contributed by atoms with Crippen LogP contribution in [0.5, 0.6) is 0 Å². The zero-order chi connectivity index (χ0) is 14.4. The molecule has 0 aliphatic carbocycles. The molecule has 4 nitrogen and oxygen atoms in total. The molecular formula is C14H14FNO3. The van der Waals surface area contributed by atoms with Crippen molar-refractivity contribution in [2.45, 2.75) is 26.2 Å². The van der Waals surface area contributed by atoms with Crippen molar-refractivity contribution in [3.05, 3.63) is 35.3 Å². The molecule has 19 heavy (non-hydrogen) atoms. The molecule has 2 rings (SSSR count). The Bertz CT molecular complexity index is 680. The minimum atomic E-state index is -1.23. The van der Waals surface area contributed by atoms with Gasteiger partial charge in [-0.2, -0.15) is 0 Å². The average Bonchev–Trinajstić information content (AvgIpc) is 2.64. The van der Waals surface area contributed by atoms with E-state index in [1.165, 1.54) is 18.2 Å². The normalized spacial score (nSPS) is 11.8. The lowest BCUT2D eigenvalue weighted by atomic mass is 9.89. The van der Waals surface area contributed by atoms with Crippen LogP contribution in [0.3, 0.4) is 0 Å². The maximum Gasteiger partial charge on any atom is 0.416 e. The summed E-state index contributed by atoms with van der Waals surface area (Å²) in [5.41, 5.74) is -0.00211. The van der Waals surface area contributed by atoms with Gasteiger partial charge in [0.25, 0.3) is 0 Å². The van der Waals surface area contributed by atoms with E-state index in [-0.39, 0.29) is 16.5 Å². The highest BCUT2D eigenvalue weighted by molar-refractivity contribution is 6.03. The van der Waals surface area contributed by atoms with E-state index in [0.29, 0.717) is 12.0 Å². The van der Waals surface area contributed by atoms with Gasteiger partial charge >= 0.3 is 6.09 Å². The molecule has 0 atom stereocenters. The fourth-order valence-corrected chi connectivity index (χ4v) is 2.38. The summed E-state index contributed by atoms with van der Waals surface area (Å²) in [5.74, 6) is -0.592. The van der Waals surface area contributed by atoms with Crippen molar-refractivity contribution in [1.29, 1.82) is 0 Å². The number of carboxylic acid groups (broad SMARTS) is 1. The molecule has 0 bridgehead atoms. The Kier molecular flexibility index (Phi) is 2.92. The van der Waals surface area contributed by atoms with Crippen LogP contribution in [0.15, 0.2) is 18.2 Å². The number of aromatic nitrogens is 1. The molecule has 1 heterocycles. The highest BCUT2D eigenvalue weighted by Crippen LogP contribution is 2.34. The van der Waals surface area contributed by atoms with Gasteiger partial charge in [-0.15, -0.1) is 0 Å². The van der Waals surface area contributed by atoms with E-state index >= 15 is 0 Å². The quantitative estimate of drug-likeness (QED) is 0.802. The molecule has 1 aromatic carbocycles. The average molecular weight is 263 g/mol. The molecule has 0 amide bonds. The number of hydrogen-bond donors (Lipinski definition) is 1. The molecule has 0 radical (unpaired) electrons. The zero-order valence-corrected chi connectivity index (χ0v) is 10.9. The van der Waals surface area contributed by atoms with E-state index in [4.69, 9.17) is 0 Å². The van der Waals surface area contributed by atoms with Crippen molar-refractivity contribution in [3.8, 4) is 0 Å². The summed E-state index contributed by atoms with van der Waals surface area (Å²) < 4.78 is 14.9. The monoisotopic (exact) mass is 263 g/mol. The molecule has 0 saturated carbocycles. The lowest BCUT2D eigenvalue weighted by Crippen LogP contribution is -2.23. The van der Waals surface area contributed by atoms with Gasteiger partial charge in [0, 0.05) is 22.1 Å². The molecule has 1 aromatic heterocycles. The summed E-state index contributed by atoms with van der Waals surface area (Å²) in [5, 5.41) is 9.41. The first-order valence-electron chi connectivity index (χ1n) is 5.81. The van der Waals surface area contributed by atoms with Crippen molar-refractivity contribution in [3.63, 3.8) is 0 Å². The minimum absolute atomic E-state index is 0.0600. The fraction of sp³-hybridized carbons (Fsp3) is 0.286. The Morgan fingerprint density at radius 2 is 2.00 bits per heavy atom. The summed E-state index contributed by atoms with van der Waals surface area (Å²) >= 11 is 0. The molecule has 100 valence electrons. The zero-order valence-electron chi connectivity index (χ0n) is 10.9. The van der Waals surface area contributed by atoms with Crippen LogP contribution in [-0.2, 0) is 5.41 Å². The van der Waals surface area contributed by atoms with Gasteiger partial charge in [0.2, 0.25) is 0 Å². The molecule has 5 heteroatoms. The highest BCUT2D eigenvalue weighted by atomic mass is 19.1. The van der Waals surface area contributed by atoms with Gasteiger partial charge in [-0.1, -0.05) is 26.8 Å². The van der Waals surface area contributed by atoms with Gasteiger partial charge in [0.15, 0.2) is 6.29 Å². The fourth-order valence-electron chi connectivity index (χ4n) is 2.38. The van der Waals surface area contributed by atoms with Gasteiger partial charge in [0.1, 0.15) is 5.82 Å². The van der Waals surface area contributed by atoms with Crippen LogP contribution in [0.4, 0.5) is 9.18 Å². The molecule has 2 aromatic rings. The van der Waals surface area contributed by atoms with Gasteiger partial charge in [0.05, 0.1) is 5.52 Å². The van der Waals surface area contributed by atoms with Crippen LogP contribution in [0.1, 0.15) is 36.8 Å². The molecule has 0 aliphatic rings. The predicted molar refractivity (Wildman–Crippen MR) is 69.4 cm³/mol. The molecule has 0 unspecified atom stereocenters. The lowest BCUT2D eigenvalue weighted by Gasteiger charge is -2.20. The van der Waals surface area contributed by atoms with Gasteiger partial charge in [-0.05, 0) is 12.1 Å². The van der Waals surface area contributed by atoms with Gasteiger partial charge in [-0.25, -0.2) is 13.8 Å². The van der Waals surface area contributed by atoms with Gasteiger partial charge < -0.3 is 5.11 Å². The van der Waals surface area contributed by atoms with E-state index in [2.05, 4.69) is 0 Å². The number of benzene rings is 1. The van der Waals surface area contributed by atoms with Gasteiger partial charge in [-0.3, -0.25) is 4.79 Å². The Hall–Kier alpha value is -2.17. The molecule has 0 spiro atoms. The van der Waals surface area contributed by atoms with Crippen molar-refractivity contribution in [1.82, 2.24) is 4.57 Å². The first kappa shape index (κ1) is 13.3. The maximum atomic E-state index is 13.9. The Morgan fingerprint density at radius 3 is 2.47 bits per heavy atom. The second-order valence-corrected chi connectivity index (χ2v) is 5.38. The van der Waals surface area contributed by atoms with Crippen LogP contribution < -0.4 is 0 Å². The Labute approximate surface area is 109 Å². The third kappa shape index (κ3) is 1.91. The standard InChI is InChI=1S/C14H14FNO3/c1-14(2,3)12-8(7-17)11-9(15)5-4-6-10(11)16(12)13(18)19/h4-7H,1-3H3,(H,18,19). The van der Waals surface area contributed by atoms with E-state index in [9.17, 15) is 19.1 Å². The SMILES string of the molecule is CC(C)(C)c1c(C=O)c2c(F)cccc2n1C(=O)O.